The zero-order valence-corrected chi connectivity index (χ0v) is 16.7. The highest BCUT2D eigenvalue weighted by Crippen LogP contribution is 2.15. The van der Waals surface area contributed by atoms with Crippen molar-refractivity contribution in [2.75, 3.05) is 6.61 Å². The number of benzene rings is 2. The number of hydrogen-bond acceptors (Lipinski definition) is 7. The molecule has 0 radical (unpaired) electrons. The monoisotopic (exact) mass is 415 g/mol. The number of carbonyl (C=O) groups is 1. The molecule has 0 fully saturated rings. The minimum atomic E-state index is -3.75. The van der Waals surface area contributed by atoms with Gasteiger partial charge in [-0.15, -0.1) is 5.10 Å². The van der Waals surface area contributed by atoms with Gasteiger partial charge in [-0.25, -0.2) is 8.42 Å². The number of hydrogen-bond donors (Lipinski definition) is 1. The van der Waals surface area contributed by atoms with Crippen LogP contribution in [0.1, 0.15) is 23.9 Å². The van der Waals surface area contributed by atoms with Crippen molar-refractivity contribution in [2.24, 2.45) is 0 Å². The zero-order chi connectivity index (χ0) is 20.7. The van der Waals surface area contributed by atoms with Crippen LogP contribution >= 0.6 is 0 Å². The van der Waals surface area contributed by atoms with Gasteiger partial charge in [-0.2, -0.15) is 0 Å². The predicted molar refractivity (Wildman–Crippen MR) is 105 cm³/mol. The van der Waals surface area contributed by atoms with E-state index in [2.05, 4.69) is 15.5 Å². The molecule has 0 saturated carbocycles. The van der Waals surface area contributed by atoms with E-state index in [1.807, 2.05) is 19.1 Å². The quantitative estimate of drug-likeness (QED) is 0.571. The second-order valence-corrected chi connectivity index (χ2v) is 8.10. The van der Waals surface area contributed by atoms with Gasteiger partial charge < -0.3 is 14.5 Å². The maximum atomic E-state index is 12.4. The van der Waals surface area contributed by atoms with Gasteiger partial charge in [-0.1, -0.05) is 47.6 Å². The Bertz CT molecular complexity index is 1050. The van der Waals surface area contributed by atoms with Crippen LogP contribution in [0.5, 0.6) is 5.75 Å². The summed E-state index contributed by atoms with van der Waals surface area (Å²) < 4.78 is 35.3. The molecule has 29 heavy (non-hydrogen) atoms. The largest absolute Gasteiger partial charge is 0.494 e. The summed E-state index contributed by atoms with van der Waals surface area (Å²) in [6.07, 6.45) is 0.166. The Morgan fingerprint density at radius 3 is 2.45 bits per heavy atom. The molecule has 1 amide bonds. The molecule has 0 bridgehead atoms. The van der Waals surface area contributed by atoms with E-state index in [4.69, 9.17) is 9.15 Å². The van der Waals surface area contributed by atoms with Crippen molar-refractivity contribution in [3.05, 3.63) is 71.6 Å². The van der Waals surface area contributed by atoms with Crippen molar-refractivity contribution in [3.8, 4) is 5.75 Å². The maximum absolute atomic E-state index is 12.4. The summed E-state index contributed by atoms with van der Waals surface area (Å²) in [6.45, 7) is 2.42. The first-order valence-electron chi connectivity index (χ1n) is 9.04. The molecule has 0 atom stereocenters. The molecule has 2 aromatic carbocycles. The fourth-order valence-electron chi connectivity index (χ4n) is 2.58. The van der Waals surface area contributed by atoms with Gasteiger partial charge in [0, 0.05) is 0 Å². The highest BCUT2D eigenvalue weighted by molar-refractivity contribution is 7.90. The lowest BCUT2D eigenvalue weighted by Gasteiger charge is -2.05. The smallest absolute Gasteiger partial charge is 0.335 e. The lowest BCUT2D eigenvalue weighted by molar-refractivity contribution is -0.120. The Morgan fingerprint density at radius 1 is 1.03 bits per heavy atom. The molecule has 1 aromatic heterocycles. The summed E-state index contributed by atoms with van der Waals surface area (Å²) in [4.78, 5) is 12.1. The van der Waals surface area contributed by atoms with Crippen LogP contribution in [0.25, 0.3) is 0 Å². The first-order valence-corrected chi connectivity index (χ1v) is 10.7. The number of amides is 1. The number of sulfone groups is 1. The minimum Gasteiger partial charge on any atom is -0.494 e. The van der Waals surface area contributed by atoms with E-state index in [1.54, 1.807) is 42.5 Å². The number of nitrogens with zero attached hydrogens (tertiary/aromatic N) is 2. The SMILES string of the molecule is CCOc1ccc(CC(=O)NCc2nnc(S(=O)(=O)Cc3ccccc3)o2)cc1. The molecule has 1 N–H and O–H groups in total. The molecule has 152 valence electrons. The summed E-state index contributed by atoms with van der Waals surface area (Å²) in [5.74, 6) is 0.282. The molecule has 0 unspecified atom stereocenters. The van der Waals surface area contributed by atoms with E-state index >= 15 is 0 Å². The summed E-state index contributed by atoms with van der Waals surface area (Å²) in [6, 6.07) is 15.9. The normalized spacial score (nSPS) is 11.2. The Kier molecular flexibility index (Phi) is 6.61. The van der Waals surface area contributed by atoms with E-state index in [0.29, 0.717) is 12.2 Å². The van der Waals surface area contributed by atoms with Crippen LogP contribution in [0.15, 0.2) is 64.2 Å². The van der Waals surface area contributed by atoms with Crippen LogP contribution in [0.2, 0.25) is 0 Å². The van der Waals surface area contributed by atoms with E-state index in [0.717, 1.165) is 11.3 Å². The Labute approximate surface area is 168 Å². The fourth-order valence-corrected chi connectivity index (χ4v) is 3.73. The Morgan fingerprint density at radius 2 is 1.76 bits per heavy atom. The molecule has 8 nitrogen and oxygen atoms in total. The van der Waals surface area contributed by atoms with Crippen LogP contribution in [-0.2, 0) is 33.4 Å². The minimum absolute atomic E-state index is 0.0247. The molecule has 3 rings (SSSR count). The molecule has 9 heteroatoms. The molecule has 0 aliphatic carbocycles. The lowest BCUT2D eigenvalue weighted by Crippen LogP contribution is -2.24. The van der Waals surface area contributed by atoms with Gasteiger partial charge in [0.1, 0.15) is 5.75 Å². The zero-order valence-electron chi connectivity index (χ0n) is 15.9. The van der Waals surface area contributed by atoms with Crippen molar-refractivity contribution in [1.29, 1.82) is 0 Å². The average Bonchev–Trinajstić information content (AvgIpc) is 3.19. The third-order valence-electron chi connectivity index (χ3n) is 3.95. The average molecular weight is 415 g/mol. The van der Waals surface area contributed by atoms with Gasteiger partial charge in [0.2, 0.25) is 21.6 Å². The van der Waals surface area contributed by atoms with Gasteiger partial charge in [-0.05, 0) is 30.2 Å². The van der Waals surface area contributed by atoms with Crippen LogP contribution < -0.4 is 10.1 Å². The highest BCUT2D eigenvalue weighted by atomic mass is 32.2. The highest BCUT2D eigenvalue weighted by Gasteiger charge is 2.23. The molecule has 0 aliphatic rings. The number of ether oxygens (including phenoxy) is 1. The standard InChI is InChI=1S/C20H21N3O5S/c1-2-27-17-10-8-15(9-11-17)12-18(24)21-13-19-22-23-20(28-19)29(25,26)14-16-6-4-3-5-7-16/h3-11H,2,12-14H2,1H3,(H,21,24). The molecular formula is C20H21N3O5S. The maximum Gasteiger partial charge on any atom is 0.335 e. The first-order chi connectivity index (χ1) is 14.0. The van der Waals surface area contributed by atoms with E-state index in [9.17, 15) is 13.2 Å². The second-order valence-electron chi connectivity index (χ2n) is 6.24. The molecule has 0 saturated heterocycles. The van der Waals surface area contributed by atoms with Crippen LogP contribution in [-0.4, -0.2) is 31.1 Å². The van der Waals surface area contributed by atoms with Crippen molar-refractivity contribution < 1.29 is 22.4 Å². The van der Waals surface area contributed by atoms with E-state index in [-0.39, 0.29) is 30.5 Å². The summed E-state index contributed by atoms with van der Waals surface area (Å²) in [5, 5.41) is 9.49. The van der Waals surface area contributed by atoms with Gasteiger partial charge in [0.15, 0.2) is 0 Å². The van der Waals surface area contributed by atoms with Crippen LogP contribution in [0.4, 0.5) is 0 Å². The summed E-state index contributed by atoms with van der Waals surface area (Å²) in [5.41, 5.74) is 1.44. The molecule has 3 aromatic rings. The van der Waals surface area contributed by atoms with Crippen LogP contribution in [0, 0.1) is 0 Å². The fraction of sp³-hybridized carbons (Fsp3) is 0.250. The third kappa shape index (κ3) is 5.89. The van der Waals surface area contributed by atoms with Crippen molar-refractivity contribution in [3.63, 3.8) is 0 Å². The van der Waals surface area contributed by atoms with E-state index < -0.39 is 15.1 Å². The van der Waals surface area contributed by atoms with Gasteiger partial charge in [0.25, 0.3) is 0 Å². The molecule has 0 aliphatic heterocycles. The first kappa shape index (κ1) is 20.5. The van der Waals surface area contributed by atoms with Crippen LogP contribution in [0.3, 0.4) is 0 Å². The summed E-state index contributed by atoms with van der Waals surface area (Å²) >= 11 is 0. The molecule has 0 spiro atoms. The Balaban J connectivity index is 1.54. The molecule has 1 heterocycles. The lowest BCUT2D eigenvalue weighted by atomic mass is 10.1. The van der Waals surface area contributed by atoms with Gasteiger partial charge in [0.05, 0.1) is 25.3 Å². The van der Waals surface area contributed by atoms with Gasteiger partial charge >= 0.3 is 5.22 Å². The number of rotatable bonds is 9. The number of aromatic nitrogens is 2. The topological polar surface area (TPSA) is 111 Å². The van der Waals surface area contributed by atoms with Crippen molar-refractivity contribution in [1.82, 2.24) is 15.5 Å². The number of carbonyl (C=O) groups excluding carboxylic acids is 1. The van der Waals surface area contributed by atoms with Crippen molar-refractivity contribution >= 4 is 15.7 Å². The third-order valence-corrected chi connectivity index (χ3v) is 5.36. The van der Waals surface area contributed by atoms with Gasteiger partial charge in [-0.3, -0.25) is 4.79 Å². The van der Waals surface area contributed by atoms with E-state index in [1.165, 1.54) is 0 Å². The second kappa shape index (κ2) is 9.33. The Hall–Kier alpha value is -3.20. The molecular weight excluding hydrogens is 394 g/mol. The predicted octanol–water partition coefficient (Wildman–Crippen LogP) is 2.30. The van der Waals surface area contributed by atoms with Crippen molar-refractivity contribution in [2.45, 2.75) is 30.9 Å². The summed E-state index contributed by atoms with van der Waals surface area (Å²) in [7, 11) is -3.75. The number of nitrogens with one attached hydrogen (secondary N) is 1.